The molecule has 0 aromatic carbocycles. The summed E-state index contributed by atoms with van der Waals surface area (Å²) >= 11 is 6.05. The highest BCUT2D eigenvalue weighted by Gasteiger charge is 2.13. The topological polar surface area (TPSA) is 75.9 Å². The Bertz CT molecular complexity index is 791. The van der Waals surface area contributed by atoms with Crippen LogP contribution in [0.2, 0.25) is 5.15 Å². The van der Waals surface area contributed by atoms with Crippen molar-refractivity contribution in [3.8, 4) is 11.4 Å². The number of nitrogens with zero attached hydrogens (tertiary/aromatic N) is 4. The maximum atomic E-state index is 11.9. The fourth-order valence-corrected chi connectivity index (χ4v) is 1.96. The lowest BCUT2D eigenvalue weighted by Crippen LogP contribution is -2.07. The monoisotopic (exact) mass is 261 g/mol. The molecule has 0 amide bonds. The van der Waals surface area contributed by atoms with Crippen LogP contribution in [0.25, 0.3) is 17.0 Å². The molecular weight excluding hydrogens is 254 g/mol. The molecule has 18 heavy (non-hydrogen) atoms. The summed E-state index contributed by atoms with van der Waals surface area (Å²) in [6, 6.07) is 1.51. The smallest absolute Gasteiger partial charge is 0.192 e. The number of aryl methyl sites for hydroxylation is 1. The minimum absolute atomic E-state index is 0.131. The van der Waals surface area contributed by atoms with Gasteiger partial charge in [0.15, 0.2) is 16.9 Å². The molecule has 0 radical (unpaired) electrons. The Morgan fingerprint density at radius 3 is 2.94 bits per heavy atom. The second kappa shape index (κ2) is 3.92. The number of pyridine rings is 1. The van der Waals surface area contributed by atoms with E-state index in [1.54, 1.807) is 10.6 Å². The molecule has 1 N–H and O–H groups in total. The van der Waals surface area contributed by atoms with Gasteiger partial charge in [-0.15, -0.1) is 10.2 Å². The third kappa shape index (κ3) is 1.58. The number of halogens is 1. The average Bonchev–Trinajstić information content (AvgIpc) is 2.74. The summed E-state index contributed by atoms with van der Waals surface area (Å²) in [6.45, 7) is 1.81. The van der Waals surface area contributed by atoms with Crippen molar-refractivity contribution < 1.29 is 0 Å². The van der Waals surface area contributed by atoms with Crippen LogP contribution in [-0.2, 0) is 0 Å². The van der Waals surface area contributed by atoms with Gasteiger partial charge in [-0.05, 0) is 6.92 Å². The lowest BCUT2D eigenvalue weighted by atomic mass is 10.2. The predicted molar refractivity (Wildman–Crippen MR) is 66.6 cm³/mol. The van der Waals surface area contributed by atoms with Crippen molar-refractivity contribution in [2.45, 2.75) is 6.92 Å². The Kier molecular flexibility index (Phi) is 2.38. The van der Waals surface area contributed by atoms with Gasteiger partial charge in [0.1, 0.15) is 5.15 Å². The predicted octanol–water partition coefficient (Wildman–Crippen LogP) is 1.44. The van der Waals surface area contributed by atoms with Gasteiger partial charge in [0.2, 0.25) is 0 Å². The largest absolute Gasteiger partial charge is 0.364 e. The zero-order valence-electron chi connectivity index (χ0n) is 9.38. The average molecular weight is 262 g/mol. The summed E-state index contributed by atoms with van der Waals surface area (Å²) in [5.74, 6) is 0.402. The van der Waals surface area contributed by atoms with Gasteiger partial charge in [-0.1, -0.05) is 11.6 Å². The molecule has 3 rings (SSSR count). The number of nitrogens with one attached hydrogen (secondary N) is 1. The van der Waals surface area contributed by atoms with Crippen LogP contribution in [0, 0.1) is 6.92 Å². The van der Waals surface area contributed by atoms with Gasteiger partial charge < -0.3 is 4.98 Å². The number of H-pyrrole nitrogens is 1. The third-order valence-electron chi connectivity index (χ3n) is 2.57. The molecule has 0 spiro atoms. The molecule has 3 heterocycles. The minimum Gasteiger partial charge on any atom is -0.364 e. The molecule has 0 aliphatic carbocycles. The van der Waals surface area contributed by atoms with Crippen molar-refractivity contribution in [2.24, 2.45) is 0 Å². The highest BCUT2D eigenvalue weighted by molar-refractivity contribution is 6.29. The minimum atomic E-state index is -0.131. The summed E-state index contributed by atoms with van der Waals surface area (Å²) in [7, 11) is 0. The number of hydrogen-bond donors (Lipinski definition) is 1. The van der Waals surface area contributed by atoms with E-state index in [-0.39, 0.29) is 5.43 Å². The Labute approximate surface area is 106 Å². The molecule has 6 nitrogen and oxygen atoms in total. The number of fused-ring (bicyclic) bond motifs is 1. The molecule has 0 saturated heterocycles. The highest BCUT2D eigenvalue weighted by atomic mass is 35.5. The van der Waals surface area contributed by atoms with Crippen LogP contribution in [0.1, 0.15) is 5.69 Å². The SMILES string of the molecule is Cc1cc(=O)c(-c2nnc3cncc(Cl)n23)c[nH]1. The zero-order valence-corrected chi connectivity index (χ0v) is 10.1. The van der Waals surface area contributed by atoms with Gasteiger partial charge in [-0.25, -0.2) is 0 Å². The van der Waals surface area contributed by atoms with Crippen LogP contribution in [0.5, 0.6) is 0 Å². The molecule has 3 aromatic rings. The Balaban J connectivity index is 2.36. The molecule has 0 atom stereocenters. The van der Waals surface area contributed by atoms with Gasteiger partial charge in [0, 0.05) is 18.0 Å². The third-order valence-corrected chi connectivity index (χ3v) is 2.84. The Morgan fingerprint density at radius 2 is 2.17 bits per heavy atom. The molecule has 3 aromatic heterocycles. The van der Waals surface area contributed by atoms with E-state index in [0.29, 0.717) is 22.2 Å². The summed E-state index contributed by atoms with van der Waals surface area (Å²) in [6.07, 6.45) is 4.61. The number of aromatic nitrogens is 5. The number of hydrogen-bond acceptors (Lipinski definition) is 4. The lowest BCUT2D eigenvalue weighted by Gasteiger charge is -2.01. The van der Waals surface area contributed by atoms with E-state index in [1.165, 1.54) is 18.5 Å². The summed E-state index contributed by atoms with van der Waals surface area (Å²) in [5.41, 5.74) is 1.57. The van der Waals surface area contributed by atoms with Crippen LogP contribution in [0.3, 0.4) is 0 Å². The summed E-state index contributed by atoms with van der Waals surface area (Å²) < 4.78 is 1.58. The van der Waals surface area contributed by atoms with Crippen molar-refractivity contribution in [2.75, 3.05) is 0 Å². The van der Waals surface area contributed by atoms with Crippen molar-refractivity contribution in [3.05, 3.63) is 45.7 Å². The van der Waals surface area contributed by atoms with Gasteiger partial charge in [0.25, 0.3) is 0 Å². The normalized spacial score (nSPS) is 11.0. The molecule has 0 unspecified atom stereocenters. The fraction of sp³-hybridized carbons (Fsp3) is 0.0909. The van der Waals surface area contributed by atoms with Crippen molar-refractivity contribution >= 4 is 17.2 Å². The van der Waals surface area contributed by atoms with Crippen LogP contribution in [0.4, 0.5) is 0 Å². The van der Waals surface area contributed by atoms with E-state index in [2.05, 4.69) is 20.2 Å². The van der Waals surface area contributed by atoms with E-state index in [1.807, 2.05) is 6.92 Å². The molecule has 90 valence electrons. The van der Waals surface area contributed by atoms with Crippen LogP contribution < -0.4 is 5.43 Å². The molecule has 0 saturated carbocycles. The van der Waals surface area contributed by atoms with Crippen LogP contribution in [-0.4, -0.2) is 24.6 Å². The van der Waals surface area contributed by atoms with E-state index < -0.39 is 0 Å². The van der Waals surface area contributed by atoms with Crippen molar-refractivity contribution in [3.63, 3.8) is 0 Å². The lowest BCUT2D eigenvalue weighted by molar-refractivity contribution is 1.09. The van der Waals surface area contributed by atoms with Crippen molar-refractivity contribution in [1.82, 2.24) is 24.6 Å². The second-order valence-corrected chi connectivity index (χ2v) is 4.23. The first kappa shape index (κ1) is 10.9. The standard InChI is InChI=1S/C11H8ClN5O/c1-6-2-8(18)7(3-14-6)11-16-15-10-5-13-4-9(12)17(10)11/h2-5H,1H3,(H,14,18). The maximum absolute atomic E-state index is 11.9. The van der Waals surface area contributed by atoms with E-state index in [4.69, 9.17) is 11.6 Å². The second-order valence-electron chi connectivity index (χ2n) is 3.84. The quantitative estimate of drug-likeness (QED) is 0.719. The molecular formula is C11H8ClN5O. The van der Waals surface area contributed by atoms with E-state index >= 15 is 0 Å². The summed E-state index contributed by atoms with van der Waals surface area (Å²) in [4.78, 5) is 18.8. The molecule has 0 fully saturated rings. The van der Waals surface area contributed by atoms with E-state index in [0.717, 1.165) is 5.69 Å². The Hall–Kier alpha value is -2.21. The van der Waals surface area contributed by atoms with Crippen molar-refractivity contribution in [1.29, 1.82) is 0 Å². The summed E-state index contributed by atoms with van der Waals surface area (Å²) in [5, 5.41) is 8.27. The molecule has 0 aliphatic rings. The van der Waals surface area contributed by atoms with E-state index in [9.17, 15) is 4.79 Å². The maximum Gasteiger partial charge on any atom is 0.192 e. The van der Waals surface area contributed by atoms with Crippen LogP contribution in [0.15, 0.2) is 29.5 Å². The van der Waals surface area contributed by atoms with Gasteiger partial charge in [0.05, 0.1) is 18.0 Å². The number of aromatic amines is 1. The first-order chi connectivity index (χ1) is 8.66. The number of rotatable bonds is 1. The van der Waals surface area contributed by atoms with Gasteiger partial charge in [-0.3, -0.25) is 14.2 Å². The molecule has 0 bridgehead atoms. The zero-order chi connectivity index (χ0) is 12.7. The van der Waals surface area contributed by atoms with Gasteiger partial charge >= 0.3 is 0 Å². The first-order valence-electron chi connectivity index (χ1n) is 5.21. The van der Waals surface area contributed by atoms with Gasteiger partial charge in [-0.2, -0.15) is 0 Å². The molecule has 7 heteroatoms. The van der Waals surface area contributed by atoms with Crippen LogP contribution >= 0.6 is 11.6 Å². The Morgan fingerprint density at radius 1 is 1.33 bits per heavy atom. The highest BCUT2D eigenvalue weighted by Crippen LogP contribution is 2.18. The fourth-order valence-electron chi connectivity index (χ4n) is 1.74. The molecule has 0 aliphatic heterocycles. The first-order valence-corrected chi connectivity index (χ1v) is 5.59.